The van der Waals surface area contributed by atoms with Crippen molar-refractivity contribution in [3.05, 3.63) is 95.8 Å². The topological polar surface area (TPSA) is 136 Å². The Morgan fingerprint density at radius 3 is 2.61 bits per heavy atom. The number of hydrogen-bond donors (Lipinski definition) is 1. The number of aromatic amines is 1. The Kier molecular flexibility index (Phi) is 8.76. The maximum Gasteiger partial charge on any atom is 0.270 e. The zero-order valence-corrected chi connectivity index (χ0v) is 27.0. The molecule has 3 aromatic heterocycles. The zero-order chi connectivity index (χ0) is 33.9. The first-order valence-corrected chi connectivity index (χ1v) is 16.1. The zero-order valence-electron chi connectivity index (χ0n) is 27.0. The van der Waals surface area contributed by atoms with Crippen molar-refractivity contribution in [2.75, 3.05) is 51.3 Å². The molecule has 5 heterocycles. The molecule has 2 aliphatic rings. The van der Waals surface area contributed by atoms with Gasteiger partial charge in [0.1, 0.15) is 23.3 Å². The van der Waals surface area contributed by atoms with Crippen molar-refractivity contribution in [2.24, 2.45) is 0 Å². The van der Waals surface area contributed by atoms with Crippen LogP contribution in [0.4, 0.5) is 10.2 Å². The van der Waals surface area contributed by atoms with E-state index in [-0.39, 0.29) is 36.0 Å². The van der Waals surface area contributed by atoms with Crippen molar-refractivity contribution in [3.8, 4) is 22.9 Å². The average molecular weight is 660 g/mol. The number of rotatable bonds is 8. The summed E-state index contributed by atoms with van der Waals surface area (Å²) in [6.07, 6.45) is 7.75. The van der Waals surface area contributed by atoms with E-state index < -0.39 is 5.82 Å². The molecule has 2 amide bonds. The summed E-state index contributed by atoms with van der Waals surface area (Å²) in [7, 11) is 1.59. The lowest BCUT2D eigenvalue weighted by atomic mass is 9.93. The number of benzene rings is 2. The first kappa shape index (κ1) is 31.6. The molecule has 1 saturated heterocycles. The van der Waals surface area contributed by atoms with Gasteiger partial charge in [0.2, 0.25) is 5.91 Å². The number of anilines is 1. The number of H-pyrrole nitrogens is 1. The average Bonchev–Trinajstić information content (AvgIpc) is 3.85. The molecule has 0 atom stereocenters. The number of halogens is 1. The van der Waals surface area contributed by atoms with Crippen molar-refractivity contribution in [1.82, 2.24) is 34.8 Å². The largest absolute Gasteiger partial charge is 0.496 e. The van der Waals surface area contributed by atoms with Crippen LogP contribution in [0.25, 0.3) is 27.6 Å². The number of ether oxygens (including phenoxy) is 1. The molecule has 1 fully saturated rings. The van der Waals surface area contributed by atoms with E-state index in [1.807, 2.05) is 35.2 Å². The second kappa shape index (κ2) is 13.6. The van der Waals surface area contributed by atoms with Crippen LogP contribution in [-0.2, 0) is 11.3 Å². The summed E-state index contributed by atoms with van der Waals surface area (Å²) in [6, 6.07) is 16.7. The highest BCUT2D eigenvalue weighted by atomic mass is 19.1. The highest BCUT2D eigenvalue weighted by Gasteiger charge is 2.28. The van der Waals surface area contributed by atoms with Crippen molar-refractivity contribution in [2.45, 2.75) is 19.4 Å². The number of fused-ring (bicyclic) bond motifs is 1. The minimum absolute atomic E-state index is 0.0488. The molecule has 7 rings (SSSR count). The molecule has 49 heavy (non-hydrogen) atoms. The Balaban J connectivity index is 1.19. The number of carbonyl (C=O) groups excluding carboxylic acids is 2. The predicted molar refractivity (Wildman–Crippen MR) is 181 cm³/mol. The SMILES string of the molecule is COc1ccccc1-c1cc(C2=CCCN(C(=O)CCn3ccnn3)C2)c(F)c2[nH]c(C(=O)N3CCN(c4ncccc4C#N)CC3)cc12. The third-order valence-corrected chi connectivity index (χ3v) is 9.13. The van der Waals surface area contributed by atoms with Crippen LogP contribution >= 0.6 is 0 Å². The summed E-state index contributed by atoms with van der Waals surface area (Å²) >= 11 is 0. The monoisotopic (exact) mass is 659 g/mol. The van der Waals surface area contributed by atoms with E-state index >= 15 is 4.39 Å². The Bertz CT molecular complexity index is 2090. The fourth-order valence-electron chi connectivity index (χ4n) is 6.60. The highest BCUT2D eigenvalue weighted by molar-refractivity contribution is 6.05. The van der Waals surface area contributed by atoms with Crippen LogP contribution in [-0.4, -0.2) is 93.0 Å². The van der Waals surface area contributed by atoms with Gasteiger partial charge in [-0.15, -0.1) is 5.10 Å². The summed E-state index contributed by atoms with van der Waals surface area (Å²) < 4.78 is 23.9. The normalized spacial score (nSPS) is 14.9. The maximum atomic E-state index is 16.6. The Morgan fingerprint density at radius 1 is 1.00 bits per heavy atom. The van der Waals surface area contributed by atoms with Crippen molar-refractivity contribution in [1.29, 1.82) is 5.26 Å². The first-order chi connectivity index (χ1) is 23.9. The maximum absolute atomic E-state index is 16.6. The molecule has 0 radical (unpaired) electrons. The van der Waals surface area contributed by atoms with Crippen LogP contribution in [0, 0.1) is 17.1 Å². The standard InChI is InChI=1S/C36H34FN9O3/c1-49-31-9-3-2-8-26(31)28-20-27(25-7-5-13-45(23-25)32(47)10-14-46-15-12-40-42-46)33(37)34-29(28)21-30(41-34)36(48)44-18-16-43(17-19-44)35-24(22-38)6-4-11-39-35/h2-4,6-9,11-12,15,20-21,41H,5,10,13-14,16-19,23H2,1H3. The number of hydrogen-bond acceptors (Lipinski definition) is 8. The fourth-order valence-corrected chi connectivity index (χ4v) is 6.60. The number of nitrogens with one attached hydrogen (secondary N) is 1. The number of carbonyl (C=O) groups is 2. The van der Waals surface area contributed by atoms with Crippen LogP contribution < -0.4 is 9.64 Å². The van der Waals surface area contributed by atoms with Gasteiger partial charge in [-0.2, -0.15) is 5.26 Å². The molecule has 2 aromatic carbocycles. The number of nitriles is 1. The molecule has 0 saturated carbocycles. The number of nitrogens with zero attached hydrogens (tertiary/aromatic N) is 8. The van der Waals surface area contributed by atoms with Gasteiger partial charge in [-0.1, -0.05) is 29.5 Å². The van der Waals surface area contributed by atoms with E-state index in [1.54, 1.807) is 64.4 Å². The molecule has 0 aliphatic carbocycles. The van der Waals surface area contributed by atoms with Gasteiger partial charge in [-0.3, -0.25) is 14.3 Å². The van der Waals surface area contributed by atoms with Crippen LogP contribution in [0.2, 0.25) is 0 Å². The molecule has 5 aromatic rings. The van der Waals surface area contributed by atoms with Gasteiger partial charge in [0.15, 0.2) is 5.82 Å². The third kappa shape index (κ3) is 6.20. The summed E-state index contributed by atoms with van der Waals surface area (Å²) in [6.45, 7) is 3.04. The highest BCUT2D eigenvalue weighted by Crippen LogP contribution is 2.40. The Hall–Kier alpha value is -6.03. The van der Waals surface area contributed by atoms with Gasteiger partial charge in [0.05, 0.1) is 30.9 Å². The number of aromatic nitrogens is 5. The lowest BCUT2D eigenvalue weighted by Crippen LogP contribution is -2.49. The fraction of sp³-hybridized carbons (Fsp3) is 0.278. The van der Waals surface area contributed by atoms with Crippen molar-refractivity contribution >= 4 is 34.1 Å². The van der Waals surface area contributed by atoms with Gasteiger partial charge < -0.3 is 24.4 Å². The number of pyridine rings is 1. The van der Waals surface area contributed by atoms with E-state index in [1.165, 1.54) is 0 Å². The van der Waals surface area contributed by atoms with Crippen molar-refractivity contribution < 1.29 is 18.7 Å². The first-order valence-electron chi connectivity index (χ1n) is 16.1. The van der Waals surface area contributed by atoms with Gasteiger partial charge in [0.25, 0.3) is 5.91 Å². The Labute approximate surface area is 282 Å². The van der Waals surface area contributed by atoms with Crippen LogP contribution in [0.5, 0.6) is 5.75 Å². The third-order valence-electron chi connectivity index (χ3n) is 9.13. The molecule has 248 valence electrons. The number of amides is 2. The number of piperazine rings is 1. The molecular weight excluding hydrogens is 625 g/mol. The second-order valence-corrected chi connectivity index (χ2v) is 12.0. The smallest absolute Gasteiger partial charge is 0.270 e. The molecule has 2 aliphatic heterocycles. The number of methoxy groups -OCH3 is 1. The van der Waals surface area contributed by atoms with Crippen LogP contribution in [0.3, 0.4) is 0 Å². The quantitative estimate of drug-likeness (QED) is 0.257. The van der Waals surface area contributed by atoms with E-state index in [4.69, 9.17) is 4.74 Å². The molecule has 12 nitrogen and oxygen atoms in total. The van der Waals surface area contributed by atoms with Gasteiger partial charge in [0, 0.05) is 74.6 Å². The van der Waals surface area contributed by atoms with Crippen LogP contribution in [0.1, 0.15) is 34.5 Å². The van der Waals surface area contributed by atoms with Gasteiger partial charge >= 0.3 is 0 Å². The van der Waals surface area contributed by atoms with E-state index in [0.717, 1.165) is 5.56 Å². The molecule has 1 N–H and O–H groups in total. The van der Waals surface area contributed by atoms with Crippen molar-refractivity contribution in [3.63, 3.8) is 0 Å². The van der Waals surface area contributed by atoms with E-state index in [0.29, 0.717) is 84.9 Å². The van der Waals surface area contributed by atoms with Gasteiger partial charge in [-0.05, 0) is 47.9 Å². The lowest BCUT2D eigenvalue weighted by molar-refractivity contribution is -0.131. The predicted octanol–water partition coefficient (Wildman–Crippen LogP) is 4.51. The van der Waals surface area contributed by atoms with Crippen LogP contribution in [0.15, 0.2) is 73.2 Å². The summed E-state index contributed by atoms with van der Waals surface area (Å²) in [5.41, 5.74) is 3.49. The van der Waals surface area contributed by atoms with Gasteiger partial charge in [-0.25, -0.2) is 9.37 Å². The number of para-hydroxylation sites is 1. The minimum Gasteiger partial charge on any atom is -0.496 e. The van der Waals surface area contributed by atoms with E-state index in [2.05, 4.69) is 26.3 Å². The Morgan fingerprint density at radius 2 is 1.84 bits per heavy atom. The summed E-state index contributed by atoms with van der Waals surface area (Å²) in [5.74, 6) is 0.434. The lowest BCUT2D eigenvalue weighted by Gasteiger charge is -2.35. The molecule has 0 unspecified atom stereocenters. The van der Waals surface area contributed by atoms with E-state index in [9.17, 15) is 14.9 Å². The molecule has 13 heteroatoms. The summed E-state index contributed by atoms with van der Waals surface area (Å²) in [5, 5.41) is 17.8. The summed E-state index contributed by atoms with van der Waals surface area (Å²) in [4.78, 5) is 40.0. The molecular formula is C36H34FN9O3. The molecule has 0 bridgehead atoms. The number of aryl methyl sites for hydroxylation is 1. The molecule has 0 spiro atoms. The minimum atomic E-state index is -0.486. The second-order valence-electron chi connectivity index (χ2n) is 12.0.